The Morgan fingerprint density at radius 3 is 2.62 bits per heavy atom. The van der Waals surface area contributed by atoms with E-state index in [-0.39, 0.29) is 24.0 Å². The lowest BCUT2D eigenvalue weighted by molar-refractivity contribution is 0.264. The van der Waals surface area contributed by atoms with Crippen LogP contribution in [-0.2, 0) is 10.0 Å². The molecule has 0 saturated carbocycles. The van der Waals surface area contributed by atoms with Gasteiger partial charge in [-0.25, -0.2) is 12.8 Å². The molecule has 1 saturated heterocycles. The van der Waals surface area contributed by atoms with Crippen LogP contribution in [0.4, 0.5) is 4.39 Å². The van der Waals surface area contributed by atoms with Crippen molar-refractivity contribution in [2.24, 2.45) is 5.73 Å². The maximum absolute atomic E-state index is 13.4. The number of benzene rings is 1. The minimum absolute atomic E-state index is 0.136. The molecule has 2 rings (SSSR count). The Morgan fingerprint density at radius 2 is 2.06 bits per heavy atom. The van der Waals surface area contributed by atoms with Crippen molar-refractivity contribution in [3.8, 4) is 0 Å². The summed E-state index contributed by atoms with van der Waals surface area (Å²) in [4.78, 5) is -0.264. The minimum atomic E-state index is -3.71. The van der Waals surface area contributed by atoms with Crippen LogP contribution in [0.15, 0.2) is 23.1 Å². The molecule has 0 radical (unpaired) electrons. The Labute approximate surface area is 93.9 Å². The highest BCUT2D eigenvalue weighted by molar-refractivity contribution is 7.89. The molecule has 0 spiro atoms. The molecule has 1 aliphatic heterocycles. The Hall–Kier alpha value is -0.980. The van der Waals surface area contributed by atoms with Gasteiger partial charge in [-0.3, -0.25) is 0 Å². The largest absolute Gasteiger partial charge is 0.325 e. The maximum Gasteiger partial charge on any atom is 0.246 e. The van der Waals surface area contributed by atoms with Crippen LogP contribution in [0.25, 0.3) is 0 Å². The fourth-order valence-electron chi connectivity index (χ4n) is 1.61. The van der Waals surface area contributed by atoms with Crippen molar-refractivity contribution in [2.45, 2.75) is 17.9 Å². The third kappa shape index (κ3) is 1.83. The predicted octanol–water partition coefficient (Wildman–Crippen LogP) is 0.466. The van der Waals surface area contributed by atoms with Crippen LogP contribution in [0, 0.1) is 12.7 Å². The second kappa shape index (κ2) is 3.80. The summed E-state index contributed by atoms with van der Waals surface area (Å²) in [5, 5.41) is 0. The van der Waals surface area contributed by atoms with E-state index in [1.54, 1.807) is 6.92 Å². The van der Waals surface area contributed by atoms with E-state index >= 15 is 0 Å². The van der Waals surface area contributed by atoms with Gasteiger partial charge in [0.1, 0.15) is 10.7 Å². The van der Waals surface area contributed by atoms with E-state index in [0.29, 0.717) is 5.56 Å². The first-order valence-electron chi connectivity index (χ1n) is 4.93. The van der Waals surface area contributed by atoms with Crippen LogP contribution in [0.3, 0.4) is 0 Å². The highest BCUT2D eigenvalue weighted by Gasteiger charge is 2.36. The van der Waals surface area contributed by atoms with E-state index < -0.39 is 15.8 Å². The first-order chi connectivity index (χ1) is 7.41. The molecule has 4 nitrogen and oxygen atoms in total. The molecule has 0 bridgehead atoms. The molecule has 0 amide bonds. The van der Waals surface area contributed by atoms with Gasteiger partial charge in [0.15, 0.2) is 0 Å². The normalized spacial score (nSPS) is 18.4. The van der Waals surface area contributed by atoms with Gasteiger partial charge < -0.3 is 5.73 Å². The smallest absolute Gasteiger partial charge is 0.246 e. The second-order valence-corrected chi connectivity index (χ2v) is 5.92. The molecule has 1 heterocycles. The molecule has 2 N–H and O–H groups in total. The summed E-state index contributed by atoms with van der Waals surface area (Å²) in [6.07, 6.45) is 0. The minimum Gasteiger partial charge on any atom is -0.325 e. The summed E-state index contributed by atoms with van der Waals surface area (Å²) in [7, 11) is -3.71. The lowest BCUT2D eigenvalue weighted by Crippen LogP contribution is -2.57. The number of nitrogens with two attached hydrogens (primary N) is 1. The standard InChI is InChI=1S/C10H13FN2O2S/c1-7-2-3-9(11)10(4-7)16(14,15)13-5-8(12)6-13/h2-4,8H,5-6,12H2,1H3. The summed E-state index contributed by atoms with van der Waals surface area (Å²) in [6, 6.07) is 3.91. The van der Waals surface area contributed by atoms with Crippen molar-refractivity contribution in [3.05, 3.63) is 29.6 Å². The topological polar surface area (TPSA) is 63.4 Å². The van der Waals surface area contributed by atoms with Crippen molar-refractivity contribution < 1.29 is 12.8 Å². The number of sulfonamides is 1. The average Bonchev–Trinajstić information content (AvgIpc) is 2.16. The molecule has 0 aromatic heterocycles. The van der Waals surface area contributed by atoms with Crippen LogP contribution in [0.2, 0.25) is 0 Å². The zero-order valence-corrected chi connectivity index (χ0v) is 9.67. The molecular formula is C10H13FN2O2S. The molecule has 0 unspecified atom stereocenters. The van der Waals surface area contributed by atoms with E-state index in [4.69, 9.17) is 5.73 Å². The fraction of sp³-hybridized carbons (Fsp3) is 0.400. The molecule has 1 aliphatic rings. The monoisotopic (exact) mass is 244 g/mol. The first kappa shape index (κ1) is 11.5. The predicted molar refractivity (Wildman–Crippen MR) is 57.9 cm³/mol. The number of halogens is 1. The van der Waals surface area contributed by atoms with Gasteiger partial charge in [0.05, 0.1) is 0 Å². The average molecular weight is 244 g/mol. The van der Waals surface area contributed by atoms with Gasteiger partial charge in [0, 0.05) is 19.1 Å². The van der Waals surface area contributed by atoms with Crippen molar-refractivity contribution in [3.63, 3.8) is 0 Å². The van der Waals surface area contributed by atoms with Crippen LogP contribution in [0.1, 0.15) is 5.56 Å². The zero-order chi connectivity index (χ0) is 11.9. The molecule has 0 atom stereocenters. The van der Waals surface area contributed by atoms with Gasteiger partial charge in [0.2, 0.25) is 10.0 Å². The van der Waals surface area contributed by atoms with Gasteiger partial charge >= 0.3 is 0 Å². The van der Waals surface area contributed by atoms with Gasteiger partial charge in [0.25, 0.3) is 0 Å². The van der Waals surface area contributed by atoms with Crippen molar-refractivity contribution in [1.29, 1.82) is 0 Å². The van der Waals surface area contributed by atoms with Crippen molar-refractivity contribution in [2.75, 3.05) is 13.1 Å². The van der Waals surface area contributed by atoms with Gasteiger partial charge in [-0.05, 0) is 24.6 Å². The summed E-state index contributed by atoms with van der Waals surface area (Å²) in [5.74, 6) is -0.717. The van der Waals surface area contributed by atoms with E-state index in [1.807, 2.05) is 0 Å². The Bertz CT molecular complexity index is 510. The summed E-state index contributed by atoms with van der Waals surface area (Å²) in [6.45, 7) is 2.24. The second-order valence-electron chi connectivity index (χ2n) is 4.02. The Balaban J connectivity index is 2.40. The van der Waals surface area contributed by atoms with Gasteiger partial charge in [-0.1, -0.05) is 6.07 Å². The fourth-order valence-corrected chi connectivity index (χ4v) is 3.32. The van der Waals surface area contributed by atoms with Gasteiger partial charge in [-0.15, -0.1) is 0 Å². The van der Waals surface area contributed by atoms with E-state index in [9.17, 15) is 12.8 Å². The number of hydrogen-bond acceptors (Lipinski definition) is 3. The van der Waals surface area contributed by atoms with Crippen molar-refractivity contribution in [1.82, 2.24) is 4.31 Å². The maximum atomic E-state index is 13.4. The van der Waals surface area contributed by atoms with Crippen molar-refractivity contribution >= 4 is 10.0 Å². The summed E-state index contributed by atoms with van der Waals surface area (Å²) < 4.78 is 38.6. The summed E-state index contributed by atoms with van der Waals surface area (Å²) >= 11 is 0. The highest BCUT2D eigenvalue weighted by Crippen LogP contribution is 2.23. The van der Waals surface area contributed by atoms with E-state index in [0.717, 1.165) is 0 Å². The molecular weight excluding hydrogens is 231 g/mol. The summed E-state index contributed by atoms with van der Waals surface area (Å²) in [5.41, 5.74) is 6.22. The number of aryl methyl sites for hydroxylation is 1. The molecule has 0 aliphatic carbocycles. The molecule has 1 fully saturated rings. The molecule has 1 aromatic rings. The van der Waals surface area contributed by atoms with E-state index in [2.05, 4.69) is 0 Å². The highest BCUT2D eigenvalue weighted by atomic mass is 32.2. The third-order valence-electron chi connectivity index (χ3n) is 2.58. The lowest BCUT2D eigenvalue weighted by atomic mass is 10.2. The molecule has 88 valence electrons. The third-order valence-corrected chi connectivity index (χ3v) is 4.43. The molecule has 6 heteroatoms. The molecule has 1 aromatic carbocycles. The zero-order valence-electron chi connectivity index (χ0n) is 8.85. The Morgan fingerprint density at radius 1 is 1.44 bits per heavy atom. The van der Waals surface area contributed by atoms with Crippen LogP contribution >= 0.6 is 0 Å². The number of nitrogens with zero attached hydrogens (tertiary/aromatic N) is 1. The van der Waals surface area contributed by atoms with E-state index in [1.165, 1.54) is 22.5 Å². The van der Waals surface area contributed by atoms with Crippen LogP contribution < -0.4 is 5.73 Å². The Kier molecular flexibility index (Phi) is 2.73. The number of hydrogen-bond donors (Lipinski definition) is 1. The lowest BCUT2D eigenvalue weighted by Gasteiger charge is -2.35. The first-order valence-corrected chi connectivity index (χ1v) is 6.37. The number of rotatable bonds is 2. The SMILES string of the molecule is Cc1ccc(F)c(S(=O)(=O)N2CC(N)C2)c1. The quantitative estimate of drug-likeness (QED) is 0.822. The molecule has 16 heavy (non-hydrogen) atoms. The van der Waals surface area contributed by atoms with Crippen LogP contribution in [0.5, 0.6) is 0 Å². The van der Waals surface area contributed by atoms with Crippen LogP contribution in [-0.4, -0.2) is 31.9 Å². The van der Waals surface area contributed by atoms with Gasteiger partial charge in [-0.2, -0.15) is 4.31 Å².